The van der Waals surface area contributed by atoms with E-state index in [0.717, 1.165) is 27.6 Å². The average molecular weight is 377 g/mol. The van der Waals surface area contributed by atoms with E-state index in [1.807, 2.05) is 72.4 Å². The Bertz CT molecular complexity index is 1020. The van der Waals surface area contributed by atoms with Gasteiger partial charge < -0.3 is 14.9 Å². The minimum Gasteiger partial charge on any atom is -0.341 e. The van der Waals surface area contributed by atoms with Crippen molar-refractivity contribution in [2.45, 2.75) is 11.2 Å². The lowest BCUT2D eigenvalue weighted by molar-refractivity contribution is -0.119. The highest BCUT2D eigenvalue weighted by Crippen LogP contribution is 2.22. The molecule has 27 heavy (non-hydrogen) atoms. The number of amides is 1. The molecule has 0 aliphatic carbocycles. The fourth-order valence-corrected chi connectivity index (χ4v) is 3.63. The van der Waals surface area contributed by atoms with Crippen molar-refractivity contribution < 1.29 is 4.79 Å². The van der Waals surface area contributed by atoms with Crippen LogP contribution >= 0.6 is 11.8 Å². The summed E-state index contributed by atoms with van der Waals surface area (Å²) in [4.78, 5) is 24.8. The van der Waals surface area contributed by atoms with E-state index in [4.69, 9.17) is 0 Å². The molecule has 4 rings (SSSR count). The number of hydrogen-bond acceptors (Lipinski definition) is 4. The van der Waals surface area contributed by atoms with E-state index < -0.39 is 0 Å². The number of aromatic amines is 1. The first-order valence-corrected chi connectivity index (χ1v) is 9.58. The fourth-order valence-electron chi connectivity index (χ4n) is 2.93. The molecule has 2 aromatic carbocycles. The predicted molar refractivity (Wildman–Crippen MR) is 106 cm³/mol. The predicted octanol–water partition coefficient (Wildman–Crippen LogP) is 3.29. The third kappa shape index (κ3) is 3.88. The summed E-state index contributed by atoms with van der Waals surface area (Å²) in [6.45, 7) is 0. The summed E-state index contributed by atoms with van der Waals surface area (Å²) in [5.74, 6) is 0.994. The molecule has 0 unspecified atom stereocenters. The van der Waals surface area contributed by atoms with Crippen LogP contribution in [0.25, 0.3) is 11.0 Å². The normalized spacial score (nSPS) is 12.2. The number of nitrogens with one attached hydrogen (secondary N) is 2. The van der Waals surface area contributed by atoms with Crippen molar-refractivity contribution in [3.63, 3.8) is 0 Å². The van der Waals surface area contributed by atoms with Gasteiger partial charge in [0.25, 0.3) is 0 Å². The molecule has 1 amide bonds. The standard InChI is InChI=1S/C20H19N5OS/c1-25-12-11-21-19(25)18(14-7-3-2-4-8-14)24-17(26)13-27-20-22-15-9-5-6-10-16(15)23-20/h2-12,18H,13H2,1H3,(H,22,23)(H,24,26)/t18-/m1/s1. The number of aromatic nitrogens is 4. The molecule has 0 fully saturated rings. The van der Waals surface area contributed by atoms with Crippen molar-refractivity contribution in [3.05, 3.63) is 78.4 Å². The number of carbonyl (C=O) groups excluding carboxylic acids is 1. The van der Waals surface area contributed by atoms with Crippen LogP contribution in [0.4, 0.5) is 0 Å². The van der Waals surface area contributed by atoms with Gasteiger partial charge in [0.05, 0.1) is 16.8 Å². The van der Waals surface area contributed by atoms with Crippen LogP contribution in [0.5, 0.6) is 0 Å². The molecule has 1 atom stereocenters. The Balaban J connectivity index is 1.47. The first-order valence-electron chi connectivity index (χ1n) is 8.60. The second-order valence-corrected chi connectivity index (χ2v) is 7.12. The topological polar surface area (TPSA) is 75.6 Å². The quantitative estimate of drug-likeness (QED) is 0.506. The van der Waals surface area contributed by atoms with Gasteiger partial charge in [-0.1, -0.05) is 54.2 Å². The molecule has 0 spiro atoms. The number of fused-ring (bicyclic) bond motifs is 1. The molecule has 7 heteroatoms. The SMILES string of the molecule is Cn1ccnc1[C@H](NC(=O)CSc1nc2ccccc2[nH]1)c1ccccc1. The minimum absolute atomic E-state index is 0.0719. The summed E-state index contributed by atoms with van der Waals surface area (Å²) in [5, 5.41) is 3.83. The maximum atomic E-state index is 12.6. The van der Waals surface area contributed by atoms with Crippen molar-refractivity contribution in [1.29, 1.82) is 0 Å². The minimum atomic E-state index is -0.296. The number of imidazole rings is 2. The highest BCUT2D eigenvalue weighted by Gasteiger charge is 2.20. The Kier molecular flexibility index (Phi) is 4.93. The fraction of sp³-hybridized carbons (Fsp3) is 0.150. The first-order chi connectivity index (χ1) is 13.2. The van der Waals surface area contributed by atoms with E-state index in [1.165, 1.54) is 11.8 Å². The van der Waals surface area contributed by atoms with E-state index in [1.54, 1.807) is 6.20 Å². The maximum absolute atomic E-state index is 12.6. The maximum Gasteiger partial charge on any atom is 0.231 e. The molecule has 0 radical (unpaired) electrons. The molecule has 0 bridgehead atoms. The van der Waals surface area contributed by atoms with Gasteiger partial charge in [-0.2, -0.15) is 0 Å². The van der Waals surface area contributed by atoms with E-state index in [2.05, 4.69) is 20.3 Å². The van der Waals surface area contributed by atoms with Gasteiger partial charge in [-0.25, -0.2) is 9.97 Å². The number of para-hydroxylation sites is 2. The molecule has 6 nitrogen and oxygen atoms in total. The summed E-state index contributed by atoms with van der Waals surface area (Å²) >= 11 is 1.39. The molecule has 2 aromatic heterocycles. The lowest BCUT2D eigenvalue weighted by Crippen LogP contribution is -2.32. The van der Waals surface area contributed by atoms with Crippen molar-refractivity contribution >= 4 is 28.7 Å². The Morgan fingerprint density at radius 2 is 1.96 bits per heavy atom. The highest BCUT2D eigenvalue weighted by molar-refractivity contribution is 7.99. The third-order valence-corrected chi connectivity index (χ3v) is 5.14. The van der Waals surface area contributed by atoms with Crippen LogP contribution in [0.15, 0.2) is 72.1 Å². The number of rotatable bonds is 6. The number of hydrogen-bond donors (Lipinski definition) is 2. The molecule has 2 N–H and O–H groups in total. The van der Waals surface area contributed by atoms with E-state index >= 15 is 0 Å². The number of nitrogens with zero attached hydrogens (tertiary/aromatic N) is 3. The second kappa shape index (κ2) is 7.67. The van der Waals surface area contributed by atoms with Crippen LogP contribution in [0, 0.1) is 0 Å². The largest absolute Gasteiger partial charge is 0.341 e. The molecule has 0 saturated heterocycles. The van der Waals surface area contributed by atoms with Gasteiger partial charge in [0, 0.05) is 19.4 Å². The second-order valence-electron chi connectivity index (χ2n) is 6.16. The molecular formula is C20H19N5OS. The zero-order valence-electron chi connectivity index (χ0n) is 14.8. The number of thioether (sulfide) groups is 1. The zero-order chi connectivity index (χ0) is 18.6. The monoisotopic (exact) mass is 377 g/mol. The zero-order valence-corrected chi connectivity index (χ0v) is 15.6. The third-order valence-electron chi connectivity index (χ3n) is 4.26. The molecule has 2 heterocycles. The van der Waals surface area contributed by atoms with E-state index in [9.17, 15) is 4.79 Å². The Morgan fingerprint density at radius 1 is 1.19 bits per heavy atom. The summed E-state index contributed by atoms with van der Waals surface area (Å²) in [6, 6.07) is 17.4. The van der Waals surface area contributed by atoms with Crippen LogP contribution in [0.3, 0.4) is 0 Å². The average Bonchev–Trinajstić information content (AvgIpc) is 3.31. The van der Waals surface area contributed by atoms with Crippen molar-refractivity contribution in [2.75, 3.05) is 5.75 Å². The van der Waals surface area contributed by atoms with Gasteiger partial charge in [-0.05, 0) is 17.7 Å². The number of aryl methyl sites for hydroxylation is 1. The summed E-state index contributed by atoms with van der Waals surface area (Å²) in [5.41, 5.74) is 2.86. The van der Waals surface area contributed by atoms with Gasteiger partial charge in [0.1, 0.15) is 11.9 Å². The van der Waals surface area contributed by atoms with Crippen LogP contribution in [-0.2, 0) is 11.8 Å². The van der Waals surface area contributed by atoms with E-state index in [-0.39, 0.29) is 17.7 Å². The summed E-state index contributed by atoms with van der Waals surface area (Å²) in [6.07, 6.45) is 3.61. The van der Waals surface area contributed by atoms with Gasteiger partial charge in [0.2, 0.25) is 5.91 Å². The molecule has 0 aliphatic heterocycles. The van der Waals surface area contributed by atoms with Crippen molar-refractivity contribution in [2.24, 2.45) is 7.05 Å². The summed E-state index contributed by atoms with van der Waals surface area (Å²) in [7, 11) is 1.92. The van der Waals surface area contributed by atoms with E-state index in [0.29, 0.717) is 0 Å². The van der Waals surface area contributed by atoms with Gasteiger partial charge in [-0.3, -0.25) is 4.79 Å². The van der Waals surface area contributed by atoms with Crippen LogP contribution < -0.4 is 5.32 Å². The Labute approximate surface area is 161 Å². The molecule has 0 saturated carbocycles. The Hall–Kier alpha value is -3.06. The lowest BCUT2D eigenvalue weighted by atomic mass is 10.1. The number of carbonyl (C=O) groups is 1. The van der Waals surface area contributed by atoms with Gasteiger partial charge >= 0.3 is 0 Å². The lowest BCUT2D eigenvalue weighted by Gasteiger charge is -2.19. The van der Waals surface area contributed by atoms with Crippen LogP contribution in [0.2, 0.25) is 0 Å². The van der Waals surface area contributed by atoms with Gasteiger partial charge in [0.15, 0.2) is 5.16 Å². The van der Waals surface area contributed by atoms with Gasteiger partial charge in [-0.15, -0.1) is 0 Å². The highest BCUT2D eigenvalue weighted by atomic mass is 32.2. The van der Waals surface area contributed by atoms with Crippen LogP contribution in [0.1, 0.15) is 17.4 Å². The van der Waals surface area contributed by atoms with Crippen LogP contribution in [-0.4, -0.2) is 31.2 Å². The Morgan fingerprint density at radius 3 is 2.70 bits per heavy atom. The molecule has 4 aromatic rings. The molecular weight excluding hydrogens is 358 g/mol. The smallest absolute Gasteiger partial charge is 0.231 e. The first kappa shape index (κ1) is 17.4. The number of H-pyrrole nitrogens is 1. The van der Waals surface area contributed by atoms with Crippen molar-refractivity contribution in [1.82, 2.24) is 24.8 Å². The molecule has 136 valence electrons. The summed E-state index contributed by atoms with van der Waals surface area (Å²) < 4.78 is 1.92. The van der Waals surface area contributed by atoms with Crippen molar-refractivity contribution in [3.8, 4) is 0 Å². The number of benzene rings is 2. The molecule has 0 aliphatic rings.